The van der Waals surface area contributed by atoms with Gasteiger partial charge in [-0.15, -0.1) is 4.91 Å². The molecule has 1 atom stereocenters. The molecule has 4 rings (SSSR count). The third kappa shape index (κ3) is 5.29. The van der Waals surface area contributed by atoms with E-state index in [-0.39, 0.29) is 13.1 Å². The molecule has 0 aliphatic carbocycles. The predicted molar refractivity (Wildman–Crippen MR) is 140 cm³/mol. The maximum atomic E-state index is 13.6. The molecule has 1 aromatic heterocycles. The standard InChI is InChI=1S/C26H28ClN5O5/c1-5-20-15(2)19-12-18(10-11-21(19)37-20)28-23-29-24(34)32(14-26(3,4)22(33)30-36)25(35)31(23)13-16-6-8-17(27)9-7-16/h6-12,23,28H,5,13-14H2,1-4H3,(H,29,34). The topological polar surface area (TPSA) is 124 Å². The smallest absolute Gasteiger partial charge is 0.331 e. The lowest BCUT2D eigenvalue weighted by Crippen LogP contribution is -2.68. The number of rotatable bonds is 8. The second-order valence-electron chi connectivity index (χ2n) is 9.61. The molecule has 1 aliphatic heterocycles. The lowest BCUT2D eigenvalue weighted by atomic mass is 9.92. The highest BCUT2D eigenvalue weighted by molar-refractivity contribution is 6.30. The van der Waals surface area contributed by atoms with Crippen LogP contribution >= 0.6 is 11.6 Å². The third-order valence-electron chi connectivity index (χ3n) is 6.43. The molecule has 1 unspecified atom stereocenters. The van der Waals surface area contributed by atoms with Crippen molar-refractivity contribution >= 4 is 46.2 Å². The van der Waals surface area contributed by atoms with Gasteiger partial charge in [-0.25, -0.2) is 14.5 Å². The lowest BCUT2D eigenvalue weighted by Gasteiger charge is -2.42. The minimum atomic E-state index is -1.35. The Labute approximate surface area is 218 Å². The SMILES string of the molecule is CCc1oc2ccc(NC3NC(=O)N(CC(C)(C)C(=O)N=O)C(=O)N3Cc3ccc(Cl)cc3)cc2c1C. The molecule has 1 aliphatic rings. The molecule has 10 nitrogen and oxygen atoms in total. The van der Waals surface area contributed by atoms with Crippen molar-refractivity contribution in [1.29, 1.82) is 0 Å². The number of nitrogens with zero attached hydrogens (tertiary/aromatic N) is 3. The van der Waals surface area contributed by atoms with Crippen LogP contribution in [-0.4, -0.2) is 40.6 Å². The van der Waals surface area contributed by atoms with Gasteiger partial charge in [0.05, 0.1) is 12.0 Å². The number of anilines is 1. The van der Waals surface area contributed by atoms with Crippen LogP contribution in [0, 0.1) is 17.2 Å². The van der Waals surface area contributed by atoms with Crippen molar-refractivity contribution < 1.29 is 18.8 Å². The molecule has 3 aromatic rings. The number of furan rings is 1. The molecule has 5 amide bonds. The van der Waals surface area contributed by atoms with Gasteiger partial charge < -0.3 is 9.73 Å². The molecule has 37 heavy (non-hydrogen) atoms. The van der Waals surface area contributed by atoms with Crippen molar-refractivity contribution in [3.8, 4) is 0 Å². The van der Waals surface area contributed by atoms with Crippen LogP contribution in [0.15, 0.2) is 52.1 Å². The Morgan fingerprint density at radius 3 is 2.54 bits per heavy atom. The number of nitroso groups, excluding NO2 is 1. The van der Waals surface area contributed by atoms with E-state index < -0.39 is 29.7 Å². The molecular formula is C26H28ClN5O5. The van der Waals surface area contributed by atoms with Crippen LogP contribution in [0.4, 0.5) is 15.3 Å². The second kappa shape index (κ2) is 10.2. The molecule has 0 bridgehead atoms. The van der Waals surface area contributed by atoms with Gasteiger partial charge in [0, 0.05) is 34.2 Å². The fourth-order valence-corrected chi connectivity index (χ4v) is 4.39. The van der Waals surface area contributed by atoms with Gasteiger partial charge in [0.1, 0.15) is 11.3 Å². The van der Waals surface area contributed by atoms with Crippen molar-refractivity contribution in [3.05, 3.63) is 69.3 Å². The fourth-order valence-electron chi connectivity index (χ4n) is 4.27. The number of halogens is 1. The first-order valence-corrected chi connectivity index (χ1v) is 12.2. The second-order valence-corrected chi connectivity index (χ2v) is 10.1. The maximum absolute atomic E-state index is 13.6. The first kappa shape index (κ1) is 26.2. The highest BCUT2D eigenvalue weighted by Gasteiger charge is 2.43. The highest BCUT2D eigenvalue weighted by atomic mass is 35.5. The van der Waals surface area contributed by atoms with E-state index in [4.69, 9.17) is 16.0 Å². The fraction of sp³-hybridized carbons (Fsp3) is 0.346. The summed E-state index contributed by atoms with van der Waals surface area (Å²) < 4.78 is 5.89. The normalized spacial score (nSPS) is 16.2. The van der Waals surface area contributed by atoms with Gasteiger partial charge in [0.25, 0.3) is 5.91 Å². The number of hydrogen-bond donors (Lipinski definition) is 2. The van der Waals surface area contributed by atoms with Crippen molar-refractivity contribution in [3.63, 3.8) is 0 Å². The minimum absolute atomic E-state index is 0.137. The van der Waals surface area contributed by atoms with E-state index in [1.807, 2.05) is 32.0 Å². The predicted octanol–water partition coefficient (Wildman–Crippen LogP) is 5.62. The molecule has 0 radical (unpaired) electrons. The summed E-state index contributed by atoms with van der Waals surface area (Å²) in [6.45, 7) is 6.75. The molecule has 2 aromatic carbocycles. The largest absolute Gasteiger partial charge is 0.461 e. The third-order valence-corrected chi connectivity index (χ3v) is 6.69. The zero-order valence-corrected chi connectivity index (χ0v) is 21.8. The van der Waals surface area contributed by atoms with E-state index >= 15 is 0 Å². The molecule has 194 valence electrons. The van der Waals surface area contributed by atoms with Crippen LogP contribution in [0.25, 0.3) is 11.0 Å². The van der Waals surface area contributed by atoms with Crippen LogP contribution in [0.2, 0.25) is 5.02 Å². The Morgan fingerprint density at radius 2 is 1.89 bits per heavy atom. The zero-order valence-electron chi connectivity index (χ0n) is 21.0. The summed E-state index contributed by atoms with van der Waals surface area (Å²) in [6.07, 6.45) is -0.134. The number of aryl methyl sites for hydroxylation is 2. The zero-order chi connectivity index (χ0) is 26.9. The van der Waals surface area contributed by atoms with E-state index in [1.165, 1.54) is 18.7 Å². The van der Waals surface area contributed by atoms with E-state index in [0.717, 1.165) is 39.2 Å². The highest BCUT2D eigenvalue weighted by Crippen LogP contribution is 2.29. The van der Waals surface area contributed by atoms with Gasteiger partial charge in [-0.3, -0.25) is 15.0 Å². The number of amides is 5. The Balaban J connectivity index is 1.65. The number of hydrogen-bond acceptors (Lipinski definition) is 6. The van der Waals surface area contributed by atoms with Crippen molar-refractivity contribution in [1.82, 2.24) is 15.1 Å². The van der Waals surface area contributed by atoms with E-state index in [2.05, 4.69) is 15.8 Å². The average molecular weight is 526 g/mol. The molecule has 0 spiro atoms. The number of fused-ring (bicyclic) bond motifs is 1. The molecule has 2 N–H and O–H groups in total. The quantitative estimate of drug-likeness (QED) is 0.368. The lowest BCUT2D eigenvalue weighted by molar-refractivity contribution is -0.126. The molecular weight excluding hydrogens is 498 g/mol. The summed E-state index contributed by atoms with van der Waals surface area (Å²) in [5, 5.41) is 9.99. The summed E-state index contributed by atoms with van der Waals surface area (Å²) in [5.41, 5.74) is 1.89. The van der Waals surface area contributed by atoms with Crippen LogP contribution < -0.4 is 10.6 Å². The van der Waals surface area contributed by atoms with Crippen molar-refractivity contribution in [2.24, 2.45) is 10.6 Å². The van der Waals surface area contributed by atoms with Gasteiger partial charge in [-0.05, 0) is 62.2 Å². The summed E-state index contributed by atoms with van der Waals surface area (Å²) in [7, 11) is 0. The maximum Gasteiger partial charge on any atom is 0.331 e. The Morgan fingerprint density at radius 1 is 1.19 bits per heavy atom. The minimum Gasteiger partial charge on any atom is -0.461 e. The first-order valence-electron chi connectivity index (χ1n) is 11.8. The molecule has 1 fully saturated rings. The number of carbonyl (C=O) groups excluding carboxylic acids is 3. The van der Waals surface area contributed by atoms with E-state index in [9.17, 15) is 19.3 Å². The summed E-state index contributed by atoms with van der Waals surface area (Å²) in [5.74, 6) is -0.0527. The Hall–Kier alpha value is -3.92. The Kier molecular flexibility index (Phi) is 7.22. The van der Waals surface area contributed by atoms with Gasteiger partial charge in [0.15, 0.2) is 6.29 Å². The van der Waals surface area contributed by atoms with Gasteiger partial charge in [0.2, 0.25) is 0 Å². The first-order chi connectivity index (χ1) is 17.5. The number of urea groups is 2. The van der Waals surface area contributed by atoms with Crippen LogP contribution in [0.5, 0.6) is 0 Å². The van der Waals surface area contributed by atoms with Gasteiger partial charge in [-0.1, -0.05) is 30.7 Å². The summed E-state index contributed by atoms with van der Waals surface area (Å²) >= 11 is 6.02. The molecule has 1 saturated heterocycles. The summed E-state index contributed by atoms with van der Waals surface area (Å²) in [6, 6.07) is 11.2. The number of imide groups is 1. The number of benzene rings is 2. The number of nitrogens with one attached hydrogen (secondary N) is 2. The van der Waals surface area contributed by atoms with Crippen molar-refractivity contribution in [2.75, 3.05) is 11.9 Å². The van der Waals surface area contributed by atoms with E-state index in [1.54, 1.807) is 24.3 Å². The Bertz CT molecular complexity index is 1370. The molecule has 0 saturated carbocycles. The van der Waals surface area contributed by atoms with Crippen LogP contribution in [-0.2, 0) is 17.8 Å². The monoisotopic (exact) mass is 525 g/mol. The average Bonchev–Trinajstić information content (AvgIpc) is 3.19. The molecule has 2 heterocycles. The van der Waals surface area contributed by atoms with Crippen LogP contribution in [0.3, 0.4) is 0 Å². The van der Waals surface area contributed by atoms with Crippen LogP contribution in [0.1, 0.15) is 37.7 Å². The van der Waals surface area contributed by atoms with E-state index in [0.29, 0.717) is 10.7 Å². The van der Waals surface area contributed by atoms with Gasteiger partial charge >= 0.3 is 12.1 Å². The van der Waals surface area contributed by atoms with Crippen molar-refractivity contribution in [2.45, 2.75) is 47.0 Å². The summed E-state index contributed by atoms with van der Waals surface area (Å²) in [4.78, 5) is 51.8. The van der Waals surface area contributed by atoms with Gasteiger partial charge in [-0.2, -0.15) is 0 Å². The number of carbonyl (C=O) groups is 3. The molecule has 11 heteroatoms.